The van der Waals surface area contributed by atoms with E-state index in [4.69, 9.17) is 15.7 Å². The van der Waals surface area contributed by atoms with Crippen LogP contribution in [-0.2, 0) is 0 Å². The SMILES string of the molecule is [2H]c1c([2H])c([2H])c2c(c1[2H])Oc1c([2H])c([2H])c([2H])c([2H])c1N2C(C)C. The Morgan fingerprint density at radius 1 is 0.941 bits per heavy atom. The van der Waals surface area contributed by atoms with Crippen LogP contribution < -0.4 is 9.64 Å². The summed E-state index contributed by atoms with van der Waals surface area (Å²) >= 11 is 0. The molecule has 0 aliphatic carbocycles. The van der Waals surface area contributed by atoms with E-state index in [9.17, 15) is 0 Å². The molecule has 0 spiro atoms. The molecule has 0 amide bonds. The summed E-state index contributed by atoms with van der Waals surface area (Å²) in [5, 5.41) is 0. The van der Waals surface area contributed by atoms with Crippen molar-refractivity contribution in [1.29, 1.82) is 0 Å². The number of ether oxygens (including phenoxy) is 1. The van der Waals surface area contributed by atoms with Gasteiger partial charge in [0.2, 0.25) is 0 Å². The first-order valence-corrected chi connectivity index (χ1v) is 5.27. The molecule has 0 N–H and O–H groups in total. The second-order valence-corrected chi connectivity index (χ2v) is 3.92. The number of fused-ring (bicyclic) bond motifs is 2. The average Bonchev–Trinajstić information content (AvgIpc) is 2.59. The van der Waals surface area contributed by atoms with Gasteiger partial charge in [0.25, 0.3) is 0 Å². The van der Waals surface area contributed by atoms with Crippen LogP contribution in [0.3, 0.4) is 0 Å². The molecule has 0 saturated carbocycles. The fraction of sp³-hybridized carbons (Fsp3) is 0.200. The van der Waals surface area contributed by atoms with Crippen LogP contribution in [0, 0.1) is 0 Å². The lowest BCUT2D eigenvalue weighted by molar-refractivity contribution is 0.469. The van der Waals surface area contributed by atoms with E-state index in [2.05, 4.69) is 0 Å². The van der Waals surface area contributed by atoms with Crippen molar-refractivity contribution in [3.63, 3.8) is 0 Å². The molecule has 0 bridgehead atoms. The van der Waals surface area contributed by atoms with Crippen LogP contribution >= 0.6 is 0 Å². The van der Waals surface area contributed by atoms with E-state index in [1.807, 2.05) is 0 Å². The average molecular weight is 233 g/mol. The van der Waals surface area contributed by atoms with Gasteiger partial charge in [0, 0.05) is 6.04 Å². The Morgan fingerprint density at radius 3 is 1.88 bits per heavy atom. The Morgan fingerprint density at radius 2 is 1.41 bits per heavy atom. The molecule has 0 unspecified atom stereocenters. The first-order valence-electron chi connectivity index (χ1n) is 9.27. The molecule has 0 fully saturated rings. The third-order valence-corrected chi connectivity index (χ3v) is 2.47. The van der Waals surface area contributed by atoms with Gasteiger partial charge in [-0.05, 0) is 38.0 Å². The van der Waals surface area contributed by atoms with Crippen molar-refractivity contribution in [2.45, 2.75) is 19.9 Å². The second kappa shape index (κ2) is 3.81. The summed E-state index contributed by atoms with van der Waals surface area (Å²) in [4.78, 5) is 1.48. The highest BCUT2D eigenvalue weighted by Gasteiger charge is 2.25. The zero-order chi connectivity index (χ0) is 18.8. The predicted octanol–water partition coefficient (Wildman–Crippen LogP) is 4.34. The fourth-order valence-electron chi connectivity index (χ4n) is 1.81. The monoisotopic (exact) mass is 233 g/mol. The Hall–Kier alpha value is -1.96. The van der Waals surface area contributed by atoms with Gasteiger partial charge in [0.1, 0.15) is 0 Å². The van der Waals surface area contributed by atoms with E-state index in [0.29, 0.717) is 0 Å². The molecule has 1 heterocycles. The number of nitrogens with zero attached hydrogens (tertiary/aromatic N) is 1. The quantitative estimate of drug-likeness (QED) is 0.726. The zero-order valence-electron chi connectivity index (χ0n) is 17.4. The number of anilines is 2. The van der Waals surface area contributed by atoms with Crippen LogP contribution in [-0.4, -0.2) is 6.04 Å². The molecule has 1 aliphatic heterocycles. The van der Waals surface area contributed by atoms with Crippen LogP contribution in [0.15, 0.2) is 48.3 Å². The van der Waals surface area contributed by atoms with Crippen LogP contribution in [0.4, 0.5) is 11.4 Å². The molecule has 0 atom stereocenters. The Bertz CT molecular complexity index is 842. The summed E-state index contributed by atoms with van der Waals surface area (Å²) < 4.78 is 69.5. The molecule has 1 aliphatic rings. The summed E-state index contributed by atoms with van der Waals surface area (Å²) in [6, 6.07) is -3.52. The minimum atomic E-state index is -0.461. The fourth-order valence-corrected chi connectivity index (χ4v) is 1.81. The van der Waals surface area contributed by atoms with Gasteiger partial charge in [0.05, 0.1) is 22.3 Å². The topological polar surface area (TPSA) is 12.5 Å². The smallest absolute Gasteiger partial charge is 0.151 e. The number of hydrogen-bond acceptors (Lipinski definition) is 2. The van der Waals surface area contributed by atoms with Crippen molar-refractivity contribution in [3.8, 4) is 11.5 Å². The maximum Gasteiger partial charge on any atom is 0.151 e. The number of para-hydroxylation sites is 4. The molecule has 2 aromatic rings. The van der Waals surface area contributed by atoms with Crippen LogP contribution in [0.2, 0.25) is 0 Å². The molecule has 17 heavy (non-hydrogen) atoms. The zero-order valence-corrected chi connectivity index (χ0v) is 9.43. The van der Waals surface area contributed by atoms with Crippen molar-refractivity contribution in [3.05, 3.63) is 48.3 Å². The van der Waals surface area contributed by atoms with E-state index >= 15 is 0 Å². The van der Waals surface area contributed by atoms with Gasteiger partial charge in [-0.1, -0.05) is 24.2 Å². The molecule has 3 rings (SSSR count). The highest BCUT2D eigenvalue weighted by Crippen LogP contribution is 2.46. The van der Waals surface area contributed by atoms with Crippen LogP contribution in [0.25, 0.3) is 0 Å². The second-order valence-electron chi connectivity index (χ2n) is 3.92. The lowest BCUT2D eigenvalue weighted by Gasteiger charge is -2.35. The Balaban J connectivity index is 2.47. The van der Waals surface area contributed by atoms with Gasteiger partial charge in [-0.2, -0.15) is 0 Å². The van der Waals surface area contributed by atoms with Crippen molar-refractivity contribution >= 4 is 11.4 Å². The summed E-state index contributed by atoms with van der Waals surface area (Å²) in [6.07, 6.45) is 0. The van der Waals surface area contributed by atoms with Crippen molar-refractivity contribution < 1.29 is 15.7 Å². The van der Waals surface area contributed by atoms with Gasteiger partial charge in [-0.3, -0.25) is 0 Å². The minimum Gasteiger partial charge on any atom is -0.453 e. The number of rotatable bonds is 1. The normalized spacial score (nSPS) is 19.6. The largest absolute Gasteiger partial charge is 0.453 e. The van der Waals surface area contributed by atoms with E-state index < -0.39 is 24.2 Å². The summed E-state index contributed by atoms with van der Waals surface area (Å²) in [5.41, 5.74) is 0.136. The molecule has 86 valence electrons. The summed E-state index contributed by atoms with van der Waals surface area (Å²) in [7, 11) is 0. The molecule has 0 aromatic heterocycles. The molecule has 2 heteroatoms. The van der Waals surface area contributed by atoms with Crippen molar-refractivity contribution in [2.24, 2.45) is 0 Å². The lowest BCUT2D eigenvalue weighted by atomic mass is 10.1. The Kier molecular flexibility index (Phi) is 1.06. The van der Waals surface area contributed by atoms with Crippen LogP contribution in [0.5, 0.6) is 11.5 Å². The van der Waals surface area contributed by atoms with Gasteiger partial charge in [-0.25, -0.2) is 0 Å². The van der Waals surface area contributed by atoms with E-state index in [0.717, 1.165) is 0 Å². The molecule has 0 saturated heterocycles. The molecular weight excluding hydrogens is 210 g/mol. The minimum absolute atomic E-state index is 0.0681. The maximum absolute atomic E-state index is 8.19. The standard InChI is InChI=1S/C15H15NO/c1-11(2)16-12-7-3-5-9-14(12)17-15-10-6-4-8-13(15)16/h3-11H,1-2H3/i3D,4D,5D,6D,7D,8D,9D,10D. The molecule has 0 radical (unpaired) electrons. The van der Waals surface area contributed by atoms with E-state index in [-0.39, 0.29) is 53.1 Å². The molecule has 2 aromatic carbocycles. The lowest BCUT2D eigenvalue weighted by Crippen LogP contribution is -2.28. The molecular formula is C15H15NO. The summed E-state index contributed by atoms with van der Waals surface area (Å²) in [6.45, 7) is 3.53. The van der Waals surface area contributed by atoms with Gasteiger partial charge >= 0.3 is 0 Å². The highest BCUT2D eigenvalue weighted by atomic mass is 16.5. The first kappa shape index (κ1) is 4.73. The first-order chi connectivity index (χ1) is 11.6. The Labute approximate surface area is 113 Å². The number of hydrogen-bond donors (Lipinski definition) is 0. The van der Waals surface area contributed by atoms with Crippen molar-refractivity contribution in [2.75, 3.05) is 4.90 Å². The third kappa shape index (κ3) is 1.57. The third-order valence-electron chi connectivity index (χ3n) is 2.47. The van der Waals surface area contributed by atoms with Crippen molar-refractivity contribution in [1.82, 2.24) is 0 Å². The van der Waals surface area contributed by atoms with E-state index in [1.165, 1.54) is 4.90 Å². The predicted molar refractivity (Wildman–Crippen MR) is 70.2 cm³/mol. The molecule has 2 nitrogen and oxygen atoms in total. The van der Waals surface area contributed by atoms with Gasteiger partial charge in [0.15, 0.2) is 11.5 Å². The van der Waals surface area contributed by atoms with Crippen LogP contribution in [0.1, 0.15) is 24.8 Å². The van der Waals surface area contributed by atoms with Gasteiger partial charge in [-0.15, -0.1) is 0 Å². The summed E-state index contributed by atoms with van der Waals surface area (Å²) in [5.74, 6) is -0.283. The number of benzene rings is 2. The maximum atomic E-state index is 8.19. The highest BCUT2D eigenvalue weighted by molar-refractivity contribution is 5.78. The van der Waals surface area contributed by atoms with Gasteiger partial charge < -0.3 is 9.64 Å². The van der Waals surface area contributed by atoms with E-state index in [1.54, 1.807) is 13.8 Å².